The van der Waals surface area contributed by atoms with Gasteiger partial charge in [-0.15, -0.1) is 0 Å². The molecule has 2 aromatic heterocycles. The maximum atomic E-state index is 13.2. The summed E-state index contributed by atoms with van der Waals surface area (Å²) in [6.45, 7) is 5.21. The standard InChI is InChI=1S/C39H47B2N11O4/c1-3-30-35-26(19-44-52(35)24-20-51(21-24)39(40,41)31-9-5-8-28(47-31)38(55)50-14-16-56-17-15-50)25-6-4-7-27(34(25)49(30)2)46-29(33(43)37(54)45-23-12-13-23)18-32(42)48-36(53)22-10-11-22/h4-9,18-19,22-24,30,46H,3,10-17,20-21,42-43H2,1-2H3,(H,45,54)(H,48,53)/b32-18+,33-29+. The van der Waals surface area contributed by atoms with E-state index in [-0.39, 0.29) is 53.1 Å². The highest BCUT2D eigenvalue weighted by molar-refractivity contribution is 6.39. The number of nitrogens with two attached hydrogens (primary N) is 2. The number of benzene rings is 1. The van der Waals surface area contributed by atoms with Crippen LogP contribution in [0, 0.1) is 5.92 Å². The number of aromatic nitrogens is 3. The Morgan fingerprint density at radius 3 is 2.45 bits per heavy atom. The molecule has 2 saturated carbocycles. The zero-order valence-corrected chi connectivity index (χ0v) is 31.8. The van der Waals surface area contributed by atoms with Crippen LogP contribution in [0.3, 0.4) is 0 Å². The Balaban J connectivity index is 1.04. The largest absolute Gasteiger partial charge is 0.393 e. The topological polar surface area (TPSA) is 189 Å². The summed E-state index contributed by atoms with van der Waals surface area (Å²) in [6.07, 6.45) is 7.66. The first kappa shape index (κ1) is 37.6. The molecule has 4 fully saturated rings. The minimum absolute atomic E-state index is 0.00743. The van der Waals surface area contributed by atoms with Gasteiger partial charge in [0.05, 0.1) is 70.0 Å². The molecule has 2 saturated heterocycles. The number of nitrogens with one attached hydrogen (secondary N) is 3. The number of amides is 3. The quantitative estimate of drug-likeness (QED) is 0.102. The van der Waals surface area contributed by atoms with Gasteiger partial charge in [0.25, 0.3) is 11.8 Å². The fourth-order valence-electron chi connectivity index (χ4n) is 7.75. The van der Waals surface area contributed by atoms with Gasteiger partial charge in [-0.05, 0) is 55.6 Å². The van der Waals surface area contributed by atoms with Crippen molar-refractivity contribution >= 4 is 44.8 Å². The van der Waals surface area contributed by atoms with Gasteiger partial charge in [-0.3, -0.25) is 19.1 Å². The van der Waals surface area contributed by atoms with Gasteiger partial charge < -0.3 is 46.9 Å². The highest BCUT2D eigenvalue weighted by Gasteiger charge is 2.43. The molecule has 7 N–H and O–H groups in total. The van der Waals surface area contributed by atoms with Gasteiger partial charge in [0, 0.05) is 68.1 Å². The van der Waals surface area contributed by atoms with Crippen LogP contribution in [0.4, 0.5) is 11.4 Å². The molecule has 15 nitrogen and oxygen atoms in total. The zero-order valence-electron chi connectivity index (χ0n) is 31.8. The van der Waals surface area contributed by atoms with E-state index in [9.17, 15) is 14.4 Å². The lowest BCUT2D eigenvalue weighted by Crippen LogP contribution is -2.60. The van der Waals surface area contributed by atoms with Gasteiger partial charge in [-0.1, -0.05) is 25.1 Å². The lowest BCUT2D eigenvalue weighted by molar-refractivity contribution is -0.121. The van der Waals surface area contributed by atoms with Crippen LogP contribution < -0.4 is 32.3 Å². The van der Waals surface area contributed by atoms with E-state index in [1.807, 2.05) is 30.3 Å². The zero-order chi connectivity index (χ0) is 39.3. The van der Waals surface area contributed by atoms with Crippen LogP contribution in [0.1, 0.15) is 73.0 Å². The van der Waals surface area contributed by atoms with Crippen LogP contribution in [0.25, 0.3) is 11.1 Å². The van der Waals surface area contributed by atoms with Crippen molar-refractivity contribution in [2.45, 2.75) is 62.5 Å². The van der Waals surface area contributed by atoms with Gasteiger partial charge >= 0.3 is 0 Å². The van der Waals surface area contributed by atoms with E-state index in [0.717, 1.165) is 54.6 Å². The molecule has 3 aliphatic heterocycles. The second kappa shape index (κ2) is 15.0. The number of morpholine rings is 1. The lowest BCUT2D eigenvalue weighted by Gasteiger charge is -2.50. The molecule has 1 unspecified atom stereocenters. The van der Waals surface area contributed by atoms with Crippen molar-refractivity contribution in [1.29, 1.82) is 0 Å². The van der Waals surface area contributed by atoms with Crippen molar-refractivity contribution in [1.82, 2.24) is 35.2 Å². The number of hydrogen-bond donors (Lipinski definition) is 5. The van der Waals surface area contributed by atoms with Gasteiger partial charge in [0.1, 0.15) is 17.2 Å². The summed E-state index contributed by atoms with van der Waals surface area (Å²) >= 11 is 0. The van der Waals surface area contributed by atoms with Crippen LogP contribution in [-0.2, 0) is 19.7 Å². The van der Waals surface area contributed by atoms with E-state index in [1.54, 1.807) is 23.1 Å². The fourth-order valence-corrected chi connectivity index (χ4v) is 7.75. The minimum Gasteiger partial charge on any atom is -0.393 e. The number of nitrogens with zero attached hydrogens (tertiary/aromatic N) is 6. The number of fused-ring (bicyclic) bond motifs is 3. The molecule has 4 radical (unpaired) electrons. The van der Waals surface area contributed by atoms with Gasteiger partial charge in [-0.2, -0.15) is 5.10 Å². The summed E-state index contributed by atoms with van der Waals surface area (Å²) in [5.74, 6) is -0.669. The van der Waals surface area contributed by atoms with Crippen molar-refractivity contribution in [2.75, 3.05) is 56.7 Å². The van der Waals surface area contributed by atoms with Crippen molar-refractivity contribution in [3.63, 3.8) is 0 Å². The number of carbonyl (C=O) groups is 3. The van der Waals surface area contributed by atoms with Crippen LogP contribution >= 0.6 is 0 Å². The first-order valence-corrected chi connectivity index (χ1v) is 19.4. The van der Waals surface area contributed by atoms with Crippen LogP contribution in [0.5, 0.6) is 0 Å². The molecule has 288 valence electrons. The monoisotopic (exact) mass is 755 g/mol. The van der Waals surface area contributed by atoms with E-state index in [0.29, 0.717) is 56.5 Å². The summed E-state index contributed by atoms with van der Waals surface area (Å²) in [6, 6.07) is 11.2. The third kappa shape index (κ3) is 7.25. The van der Waals surface area contributed by atoms with Crippen LogP contribution in [0.2, 0.25) is 0 Å². The van der Waals surface area contributed by atoms with E-state index in [1.165, 1.54) is 6.08 Å². The first-order valence-electron chi connectivity index (χ1n) is 19.4. The van der Waals surface area contributed by atoms with Crippen molar-refractivity contribution < 1.29 is 19.1 Å². The number of pyridine rings is 1. The number of anilines is 2. The summed E-state index contributed by atoms with van der Waals surface area (Å²) in [7, 11) is 15.6. The molecular formula is C39H47B2N11O4. The number of hydrogen-bond acceptors (Lipinski definition) is 11. The molecule has 0 bridgehead atoms. The molecule has 56 heavy (non-hydrogen) atoms. The molecule has 5 aliphatic rings. The maximum Gasteiger partial charge on any atom is 0.272 e. The van der Waals surface area contributed by atoms with E-state index >= 15 is 0 Å². The number of carbonyl (C=O) groups excluding carboxylic acids is 3. The summed E-state index contributed by atoms with van der Waals surface area (Å²) in [5.41, 5.74) is 18.4. The molecule has 0 spiro atoms. The molecule has 1 aromatic carbocycles. The minimum atomic E-state index is -1.40. The van der Waals surface area contributed by atoms with Crippen LogP contribution in [0.15, 0.2) is 65.9 Å². The second-order valence-electron chi connectivity index (χ2n) is 15.4. The number of para-hydroxylation sites is 1. The van der Waals surface area contributed by atoms with Gasteiger partial charge in [0.15, 0.2) is 0 Å². The Hall–Kier alpha value is -5.28. The smallest absolute Gasteiger partial charge is 0.272 e. The van der Waals surface area contributed by atoms with Gasteiger partial charge in [0.2, 0.25) is 5.91 Å². The predicted molar refractivity (Wildman–Crippen MR) is 213 cm³/mol. The fraction of sp³-hybridized carbons (Fsp3) is 0.462. The van der Waals surface area contributed by atoms with Crippen molar-refractivity contribution in [2.24, 2.45) is 17.4 Å². The second-order valence-corrected chi connectivity index (χ2v) is 15.4. The normalized spacial score (nSPS) is 20.7. The number of likely N-dealkylation sites (tertiary alicyclic amines) is 1. The Morgan fingerprint density at radius 2 is 1.75 bits per heavy atom. The predicted octanol–water partition coefficient (Wildman–Crippen LogP) is 1.51. The van der Waals surface area contributed by atoms with Crippen molar-refractivity contribution in [3.8, 4) is 11.1 Å². The first-order chi connectivity index (χ1) is 26.9. The molecule has 8 rings (SSSR count). The molecule has 3 amide bonds. The summed E-state index contributed by atoms with van der Waals surface area (Å²) in [5, 5.41) is 12.6. The van der Waals surface area contributed by atoms with Crippen LogP contribution in [-0.4, -0.2) is 110 Å². The third-order valence-electron chi connectivity index (χ3n) is 11.3. The third-order valence-corrected chi connectivity index (χ3v) is 11.3. The Morgan fingerprint density at radius 1 is 1.02 bits per heavy atom. The number of rotatable bonds is 12. The van der Waals surface area contributed by atoms with E-state index in [2.05, 4.69) is 43.5 Å². The van der Waals surface area contributed by atoms with Gasteiger partial charge in [-0.25, -0.2) is 4.98 Å². The molecule has 1 atom stereocenters. The Kier molecular flexibility index (Phi) is 10.1. The maximum absolute atomic E-state index is 13.2. The Bertz CT molecular complexity index is 2100. The van der Waals surface area contributed by atoms with Crippen molar-refractivity contribution in [3.05, 3.63) is 83.0 Å². The molecular weight excluding hydrogens is 708 g/mol. The Labute approximate surface area is 329 Å². The molecule has 17 heteroatoms. The summed E-state index contributed by atoms with van der Waals surface area (Å²) < 4.78 is 7.48. The van der Waals surface area contributed by atoms with E-state index in [4.69, 9.17) is 37.0 Å². The summed E-state index contributed by atoms with van der Waals surface area (Å²) in [4.78, 5) is 49.4. The highest BCUT2D eigenvalue weighted by Crippen LogP contribution is 2.50. The lowest BCUT2D eigenvalue weighted by atomic mass is 9.57. The molecule has 3 aromatic rings. The SMILES string of the molecule is [B]C([B])(c1cccc(C(=O)N2CCOCC2)n1)N1CC(n2ncc3c2C(CC)N(C)c2c(NC(/C=C(\N)NC(=O)C4CC4)=C(/N)C(=O)NC4CC4)cccc2-3)C1. The average Bonchev–Trinajstić information content (AvgIpc) is 4.13. The molecule has 2 aliphatic carbocycles. The van der Waals surface area contributed by atoms with E-state index < -0.39 is 11.2 Å². The number of ether oxygens (including phenoxy) is 1. The number of allylic oxidation sites excluding steroid dienone is 1. The molecule has 5 heterocycles. The highest BCUT2D eigenvalue weighted by atomic mass is 16.5. The average molecular weight is 756 g/mol.